The van der Waals surface area contributed by atoms with E-state index in [1.54, 1.807) is 21.9 Å². The van der Waals surface area contributed by atoms with E-state index in [1.165, 1.54) is 5.01 Å². The Bertz CT molecular complexity index is 1330. The van der Waals surface area contributed by atoms with Crippen LogP contribution in [0.2, 0.25) is 0 Å². The van der Waals surface area contributed by atoms with Crippen LogP contribution in [-0.4, -0.2) is 89.4 Å². The summed E-state index contributed by atoms with van der Waals surface area (Å²) in [5, 5.41) is 6.17. The van der Waals surface area contributed by atoms with Crippen molar-refractivity contribution in [3.8, 4) is 0 Å². The molecule has 6 rings (SSSR count). The summed E-state index contributed by atoms with van der Waals surface area (Å²) in [7, 11) is 1.66. The van der Waals surface area contributed by atoms with E-state index < -0.39 is 12.2 Å². The molecule has 0 bridgehead atoms. The SMILES string of the molecule is CN(C(=O)NCc1ccccc1)N1CC(=O)N2[C@@H](Cc3ccccc3)C(=O)N(CC3=CCC4OCOC4=C3)C[C@@H]21. The highest BCUT2D eigenvalue weighted by atomic mass is 16.7. The van der Waals surface area contributed by atoms with Crippen LogP contribution >= 0.6 is 0 Å². The van der Waals surface area contributed by atoms with Gasteiger partial charge in [-0.05, 0) is 29.2 Å². The minimum atomic E-state index is -0.671. The summed E-state index contributed by atoms with van der Waals surface area (Å²) >= 11 is 0. The molecule has 1 N–H and O–H groups in total. The van der Waals surface area contributed by atoms with Gasteiger partial charge < -0.3 is 24.6 Å². The standard InChI is InChI=1S/C30H33N5O5/c1-32(30(38)31-16-22-10-6-3-7-11-22)34-19-28(36)35-24(14-21-8-4-2-5-9-21)29(37)33(18-27(34)35)17-23-12-13-25-26(15-23)40-20-39-25/h2-12,15,24-25,27H,13-14,16-20H2,1H3,(H,31,38)/t24-,25?,27+/m0/s1. The zero-order valence-corrected chi connectivity index (χ0v) is 22.4. The number of rotatable bonds is 7. The number of piperazine rings is 1. The van der Waals surface area contributed by atoms with Crippen molar-refractivity contribution in [3.05, 3.63) is 95.3 Å². The summed E-state index contributed by atoms with van der Waals surface area (Å²) in [6.45, 7) is 1.31. The van der Waals surface area contributed by atoms with Crippen LogP contribution in [0.25, 0.3) is 0 Å². The number of hydrogen-bond acceptors (Lipinski definition) is 6. The van der Waals surface area contributed by atoms with Gasteiger partial charge in [-0.25, -0.2) is 4.79 Å². The monoisotopic (exact) mass is 543 g/mol. The van der Waals surface area contributed by atoms with Gasteiger partial charge in [0, 0.05) is 26.6 Å². The van der Waals surface area contributed by atoms with Crippen LogP contribution in [0.3, 0.4) is 0 Å². The second kappa shape index (κ2) is 11.1. The van der Waals surface area contributed by atoms with E-state index in [9.17, 15) is 14.4 Å². The number of nitrogens with zero attached hydrogens (tertiary/aromatic N) is 4. The van der Waals surface area contributed by atoms with Gasteiger partial charge in [-0.15, -0.1) is 0 Å². The predicted molar refractivity (Wildman–Crippen MR) is 146 cm³/mol. The lowest BCUT2D eigenvalue weighted by Gasteiger charge is -2.46. The van der Waals surface area contributed by atoms with Crippen LogP contribution in [0.4, 0.5) is 4.79 Å². The molecule has 1 unspecified atom stereocenters. The lowest BCUT2D eigenvalue weighted by Crippen LogP contribution is -2.66. The number of urea groups is 1. The molecule has 208 valence electrons. The molecule has 0 saturated carbocycles. The smallest absolute Gasteiger partial charge is 0.332 e. The Hall–Kier alpha value is -4.15. The number of hydrogen-bond donors (Lipinski definition) is 1. The summed E-state index contributed by atoms with van der Waals surface area (Å²) in [4.78, 5) is 43.9. The molecule has 0 spiro atoms. The third-order valence-electron chi connectivity index (χ3n) is 7.91. The third-order valence-corrected chi connectivity index (χ3v) is 7.91. The van der Waals surface area contributed by atoms with Crippen molar-refractivity contribution in [3.63, 3.8) is 0 Å². The van der Waals surface area contributed by atoms with Gasteiger partial charge in [0.2, 0.25) is 11.8 Å². The Labute approximate surface area is 233 Å². The number of benzene rings is 2. The minimum Gasteiger partial charge on any atom is -0.469 e. The van der Waals surface area contributed by atoms with E-state index in [1.807, 2.05) is 66.7 Å². The first-order chi connectivity index (χ1) is 19.5. The molecule has 3 heterocycles. The van der Waals surface area contributed by atoms with Crippen LogP contribution in [0.1, 0.15) is 17.5 Å². The number of ether oxygens (including phenoxy) is 2. The molecule has 4 aliphatic rings. The van der Waals surface area contributed by atoms with Crippen molar-refractivity contribution in [1.82, 2.24) is 25.1 Å². The molecule has 0 aromatic heterocycles. The maximum atomic E-state index is 13.9. The number of nitrogens with one attached hydrogen (secondary N) is 1. The molecule has 4 amide bonds. The second-order valence-electron chi connectivity index (χ2n) is 10.5. The first-order valence-corrected chi connectivity index (χ1v) is 13.6. The normalized spacial score (nSPS) is 24.2. The van der Waals surface area contributed by atoms with Crippen molar-refractivity contribution in [1.29, 1.82) is 0 Å². The van der Waals surface area contributed by atoms with Gasteiger partial charge in [-0.3, -0.25) is 14.6 Å². The van der Waals surface area contributed by atoms with Gasteiger partial charge >= 0.3 is 6.03 Å². The Morgan fingerprint density at radius 3 is 2.52 bits per heavy atom. The van der Waals surface area contributed by atoms with Crippen molar-refractivity contribution in [2.45, 2.75) is 37.7 Å². The number of fused-ring (bicyclic) bond motifs is 2. The fraction of sp³-hybridized carbons (Fsp3) is 0.367. The van der Waals surface area contributed by atoms with Crippen LogP contribution in [-0.2, 0) is 32.0 Å². The highest BCUT2D eigenvalue weighted by molar-refractivity contribution is 5.92. The maximum absolute atomic E-state index is 13.9. The van der Waals surface area contributed by atoms with Crippen molar-refractivity contribution in [2.75, 3.05) is 33.5 Å². The molecule has 3 atom stereocenters. The molecule has 3 fully saturated rings. The van der Waals surface area contributed by atoms with Gasteiger partial charge in [-0.2, -0.15) is 5.01 Å². The van der Waals surface area contributed by atoms with E-state index in [4.69, 9.17) is 9.47 Å². The first kappa shape index (κ1) is 26.1. The highest BCUT2D eigenvalue weighted by Crippen LogP contribution is 2.31. The molecule has 10 nitrogen and oxygen atoms in total. The van der Waals surface area contributed by atoms with E-state index in [2.05, 4.69) is 11.4 Å². The van der Waals surface area contributed by atoms with E-state index >= 15 is 0 Å². The zero-order chi connectivity index (χ0) is 27.6. The minimum absolute atomic E-state index is 0.0198. The predicted octanol–water partition coefficient (Wildman–Crippen LogP) is 2.25. The first-order valence-electron chi connectivity index (χ1n) is 13.6. The third kappa shape index (κ3) is 5.20. The largest absolute Gasteiger partial charge is 0.469 e. The number of amides is 4. The summed E-state index contributed by atoms with van der Waals surface area (Å²) in [6.07, 6.45) is 4.59. The topological polar surface area (TPSA) is 94.7 Å². The van der Waals surface area contributed by atoms with Crippen LogP contribution in [0.5, 0.6) is 0 Å². The summed E-state index contributed by atoms with van der Waals surface area (Å²) < 4.78 is 11.2. The van der Waals surface area contributed by atoms with Crippen LogP contribution in [0.15, 0.2) is 84.1 Å². The number of hydrazine groups is 1. The fourth-order valence-corrected chi connectivity index (χ4v) is 5.80. The van der Waals surface area contributed by atoms with Crippen LogP contribution < -0.4 is 5.32 Å². The molecular formula is C30H33N5O5. The van der Waals surface area contributed by atoms with Crippen molar-refractivity contribution < 1.29 is 23.9 Å². The average Bonchev–Trinajstić information content (AvgIpc) is 3.58. The molecule has 0 radical (unpaired) electrons. The number of carbonyl (C=O) groups is 3. The van der Waals surface area contributed by atoms with Gasteiger partial charge in [-0.1, -0.05) is 66.7 Å². The van der Waals surface area contributed by atoms with Crippen LogP contribution in [0, 0.1) is 0 Å². The maximum Gasteiger partial charge on any atom is 0.332 e. The lowest BCUT2D eigenvalue weighted by atomic mass is 9.98. The zero-order valence-electron chi connectivity index (χ0n) is 22.4. The van der Waals surface area contributed by atoms with Gasteiger partial charge in [0.05, 0.1) is 13.1 Å². The van der Waals surface area contributed by atoms with Crippen molar-refractivity contribution >= 4 is 17.8 Å². The Balaban J connectivity index is 1.23. The molecule has 1 aliphatic carbocycles. The summed E-state index contributed by atoms with van der Waals surface area (Å²) in [5.41, 5.74) is 2.93. The van der Waals surface area contributed by atoms with E-state index in [0.29, 0.717) is 25.9 Å². The molecule has 10 heteroatoms. The van der Waals surface area contributed by atoms with E-state index in [-0.39, 0.29) is 43.8 Å². The van der Waals surface area contributed by atoms with Gasteiger partial charge in [0.1, 0.15) is 24.1 Å². The molecule has 2 aromatic rings. The molecule has 40 heavy (non-hydrogen) atoms. The van der Waals surface area contributed by atoms with Gasteiger partial charge in [0.25, 0.3) is 0 Å². The lowest BCUT2D eigenvalue weighted by molar-refractivity contribution is -0.155. The molecular weight excluding hydrogens is 510 g/mol. The number of carbonyl (C=O) groups excluding carboxylic acids is 3. The quantitative estimate of drug-likeness (QED) is 0.576. The second-order valence-corrected chi connectivity index (χ2v) is 10.5. The fourth-order valence-electron chi connectivity index (χ4n) is 5.80. The molecule has 3 saturated heterocycles. The Morgan fingerprint density at radius 2 is 1.77 bits per heavy atom. The van der Waals surface area contributed by atoms with Gasteiger partial charge in [0.15, 0.2) is 6.79 Å². The molecule has 3 aliphatic heterocycles. The van der Waals surface area contributed by atoms with E-state index in [0.717, 1.165) is 22.5 Å². The molecule has 2 aromatic carbocycles. The Kier molecular flexibility index (Phi) is 7.27. The average molecular weight is 544 g/mol. The summed E-state index contributed by atoms with van der Waals surface area (Å²) in [6, 6.07) is 18.4. The highest BCUT2D eigenvalue weighted by Gasteiger charge is 2.51. The Morgan fingerprint density at radius 1 is 1.05 bits per heavy atom. The van der Waals surface area contributed by atoms with Crippen molar-refractivity contribution in [2.24, 2.45) is 0 Å². The summed E-state index contributed by atoms with van der Waals surface area (Å²) in [5.74, 6) is 0.522.